The van der Waals surface area contributed by atoms with Crippen molar-refractivity contribution in [2.45, 2.75) is 31.2 Å². The monoisotopic (exact) mass is 344 g/mol. The molecule has 1 amide bonds. The van der Waals surface area contributed by atoms with Gasteiger partial charge < -0.3 is 10.1 Å². The van der Waals surface area contributed by atoms with Crippen LogP contribution >= 0.6 is 11.8 Å². The van der Waals surface area contributed by atoms with Gasteiger partial charge in [-0.3, -0.25) is 4.79 Å². The molecule has 0 saturated heterocycles. The van der Waals surface area contributed by atoms with Gasteiger partial charge >= 0.3 is 0 Å². The van der Waals surface area contributed by atoms with E-state index < -0.39 is 0 Å². The summed E-state index contributed by atoms with van der Waals surface area (Å²) in [6.07, 6.45) is 4.85. The molecule has 0 unspecified atom stereocenters. The molecule has 0 bridgehead atoms. The predicted octanol–water partition coefficient (Wildman–Crippen LogP) is 4.17. The third-order valence-corrected chi connectivity index (χ3v) is 4.41. The van der Waals surface area contributed by atoms with E-state index in [2.05, 4.69) is 17.2 Å². The molecule has 1 N–H and O–H groups in total. The zero-order valence-corrected chi connectivity index (χ0v) is 14.8. The van der Waals surface area contributed by atoms with Gasteiger partial charge in [-0.2, -0.15) is 0 Å². The predicted molar refractivity (Wildman–Crippen MR) is 98.8 cm³/mol. The van der Waals surface area contributed by atoms with E-state index in [1.807, 2.05) is 30.3 Å². The van der Waals surface area contributed by atoms with Gasteiger partial charge in [0.2, 0.25) is 0 Å². The van der Waals surface area contributed by atoms with Gasteiger partial charge in [0.1, 0.15) is 5.75 Å². The van der Waals surface area contributed by atoms with E-state index in [4.69, 9.17) is 4.74 Å². The highest BCUT2D eigenvalue weighted by Gasteiger charge is 2.05. The maximum absolute atomic E-state index is 12.1. The summed E-state index contributed by atoms with van der Waals surface area (Å²) in [6.45, 7) is 3.51. The number of rotatable bonds is 10. The fraction of sp³-hybridized carbons (Fsp3) is 0.368. The van der Waals surface area contributed by atoms with E-state index in [9.17, 15) is 4.79 Å². The van der Waals surface area contributed by atoms with Crippen molar-refractivity contribution in [3.8, 4) is 5.75 Å². The van der Waals surface area contributed by atoms with E-state index in [1.165, 1.54) is 0 Å². The van der Waals surface area contributed by atoms with Crippen LogP contribution in [0.15, 0.2) is 53.7 Å². The highest BCUT2D eigenvalue weighted by atomic mass is 32.2. The zero-order chi connectivity index (χ0) is 17.0. The number of thioether (sulfide) groups is 1. The second-order valence-corrected chi connectivity index (χ2v) is 6.47. The average molecular weight is 344 g/mol. The first-order valence-electron chi connectivity index (χ1n) is 8.34. The number of nitrogens with one attached hydrogen (secondary N) is 1. The van der Waals surface area contributed by atoms with Crippen LogP contribution in [0.4, 0.5) is 0 Å². The van der Waals surface area contributed by atoms with Crippen LogP contribution in [0.5, 0.6) is 5.75 Å². The lowest BCUT2D eigenvalue weighted by Crippen LogP contribution is -2.24. The minimum absolute atomic E-state index is 0.0436. The fourth-order valence-corrected chi connectivity index (χ4v) is 2.83. The van der Waals surface area contributed by atoms with E-state index in [1.54, 1.807) is 30.1 Å². The van der Waals surface area contributed by atoms with E-state index >= 15 is 0 Å². The SMILES string of the molecule is CCCCOc1ccc(C(=O)NCCCSc2ccccn2)cc1. The number of ether oxygens (including phenoxy) is 1. The van der Waals surface area contributed by atoms with Gasteiger partial charge in [0.25, 0.3) is 5.91 Å². The molecule has 0 fully saturated rings. The third-order valence-electron chi connectivity index (χ3n) is 3.38. The number of hydrogen-bond donors (Lipinski definition) is 1. The average Bonchev–Trinajstić information content (AvgIpc) is 2.63. The summed E-state index contributed by atoms with van der Waals surface area (Å²) in [5, 5.41) is 3.96. The number of unbranched alkanes of at least 4 members (excludes halogenated alkanes) is 1. The van der Waals surface area contributed by atoms with Crippen LogP contribution in [-0.4, -0.2) is 29.8 Å². The van der Waals surface area contributed by atoms with Gasteiger partial charge in [-0.05, 0) is 49.2 Å². The minimum atomic E-state index is -0.0436. The topological polar surface area (TPSA) is 51.2 Å². The van der Waals surface area contributed by atoms with Crippen LogP contribution in [-0.2, 0) is 0 Å². The van der Waals surface area contributed by atoms with Crippen molar-refractivity contribution < 1.29 is 9.53 Å². The summed E-state index contributed by atoms with van der Waals surface area (Å²) >= 11 is 1.70. The summed E-state index contributed by atoms with van der Waals surface area (Å²) in [6, 6.07) is 13.2. The number of nitrogens with zero attached hydrogens (tertiary/aromatic N) is 1. The quantitative estimate of drug-likeness (QED) is 0.519. The Labute approximate surface area is 148 Å². The number of carbonyl (C=O) groups excluding carboxylic acids is 1. The van der Waals surface area contributed by atoms with Gasteiger partial charge in [-0.25, -0.2) is 4.98 Å². The molecule has 1 heterocycles. The Balaban J connectivity index is 1.65. The molecule has 2 rings (SSSR count). The van der Waals surface area contributed by atoms with E-state index in [0.29, 0.717) is 12.1 Å². The first-order chi connectivity index (χ1) is 11.8. The lowest BCUT2D eigenvalue weighted by atomic mass is 10.2. The Hall–Kier alpha value is -2.01. The number of amides is 1. The van der Waals surface area contributed by atoms with Gasteiger partial charge in [-0.15, -0.1) is 11.8 Å². The van der Waals surface area contributed by atoms with Crippen molar-refractivity contribution in [3.63, 3.8) is 0 Å². The zero-order valence-electron chi connectivity index (χ0n) is 14.0. The van der Waals surface area contributed by atoms with Crippen molar-refractivity contribution in [1.82, 2.24) is 10.3 Å². The summed E-state index contributed by atoms with van der Waals surface area (Å²) in [5.74, 6) is 1.70. The van der Waals surface area contributed by atoms with E-state index in [-0.39, 0.29) is 5.91 Å². The lowest BCUT2D eigenvalue weighted by Gasteiger charge is -2.07. The van der Waals surface area contributed by atoms with E-state index in [0.717, 1.165) is 42.4 Å². The molecule has 128 valence electrons. The van der Waals surface area contributed by atoms with Crippen molar-refractivity contribution in [2.24, 2.45) is 0 Å². The Kier molecular flexibility index (Phi) is 8.18. The molecule has 0 aliphatic carbocycles. The first kappa shape index (κ1) is 18.3. The van der Waals surface area contributed by atoms with Crippen LogP contribution in [0.2, 0.25) is 0 Å². The highest BCUT2D eigenvalue weighted by molar-refractivity contribution is 7.99. The molecule has 24 heavy (non-hydrogen) atoms. The minimum Gasteiger partial charge on any atom is -0.494 e. The number of pyridine rings is 1. The number of hydrogen-bond acceptors (Lipinski definition) is 4. The molecule has 0 atom stereocenters. The molecule has 0 radical (unpaired) electrons. The van der Waals surface area contributed by atoms with Crippen LogP contribution in [0.3, 0.4) is 0 Å². The van der Waals surface area contributed by atoms with Crippen LogP contribution < -0.4 is 10.1 Å². The molecule has 0 saturated carbocycles. The largest absolute Gasteiger partial charge is 0.494 e. The molecule has 0 aliphatic rings. The molecule has 5 heteroatoms. The molecule has 1 aromatic heterocycles. The Morgan fingerprint density at radius 2 is 2.00 bits per heavy atom. The molecule has 1 aromatic carbocycles. The van der Waals surface area contributed by atoms with Crippen molar-refractivity contribution >= 4 is 17.7 Å². The highest BCUT2D eigenvalue weighted by Crippen LogP contribution is 2.15. The van der Waals surface area contributed by atoms with Gasteiger partial charge in [0, 0.05) is 24.1 Å². The standard InChI is InChI=1S/C19H24N2O2S/c1-2-3-14-23-17-10-8-16(9-11-17)19(22)21-13-6-15-24-18-7-4-5-12-20-18/h4-5,7-12H,2-3,6,13-15H2,1H3,(H,21,22). The van der Waals surface area contributed by atoms with Crippen LogP contribution in [0.25, 0.3) is 0 Å². The Morgan fingerprint density at radius 1 is 1.17 bits per heavy atom. The second kappa shape index (κ2) is 10.7. The van der Waals surface area contributed by atoms with Gasteiger partial charge in [0.05, 0.1) is 11.6 Å². The van der Waals surface area contributed by atoms with Gasteiger partial charge in [-0.1, -0.05) is 19.4 Å². The molecule has 2 aromatic rings. The fourth-order valence-electron chi connectivity index (χ4n) is 2.02. The Morgan fingerprint density at radius 3 is 2.71 bits per heavy atom. The van der Waals surface area contributed by atoms with Crippen molar-refractivity contribution in [2.75, 3.05) is 18.9 Å². The van der Waals surface area contributed by atoms with Crippen LogP contribution in [0, 0.1) is 0 Å². The summed E-state index contributed by atoms with van der Waals surface area (Å²) in [7, 11) is 0. The normalized spacial score (nSPS) is 10.4. The summed E-state index contributed by atoms with van der Waals surface area (Å²) in [4.78, 5) is 16.3. The number of aromatic nitrogens is 1. The van der Waals surface area contributed by atoms with Gasteiger partial charge in [0.15, 0.2) is 0 Å². The third kappa shape index (κ3) is 6.62. The Bertz CT molecular complexity index is 603. The molecule has 4 nitrogen and oxygen atoms in total. The maximum atomic E-state index is 12.1. The van der Waals surface area contributed by atoms with Crippen molar-refractivity contribution in [3.05, 3.63) is 54.2 Å². The van der Waals surface area contributed by atoms with Crippen LogP contribution in [0.1, 0.15) is 36.5 Å². The molecular weight excluding hydrogens is 320 g/mol. The summed E-state index contributed by atoms with van der Waals surface area (Å²) < 4.78 is 5.60. The smallest absolute Gasteiger partial charge is 0.251 e. The molecular formula is C19H24N2O2S. The molecule has 0 spiro atoms. The lowest BCUT2D eigenvalue weighted by molar-refractivity contribution is 0.0954. The first-order valence-corrected chi connectivity index (χ1v) is 9.33. The number of benzene rings is 1. The summed E-state index contributed by atoms with van der Waals surface area (Å²) in [5.41, 5.74) is 0.662. The second-order valence-electron chi connectivity index (χ2n) is 5.35. The molecule has 0 aliphatic heterocycles. The van der Waals surface area contributed by atoms with Crippen molar-refractivity contribution in [1.29, 1.82) is 0 Å². The number of carbonyl (C=O) groups is 1. The maximum Gasteiger partial charge on any atom is 0.251 e.